The minimum absolute atomic E-state index is 0.255. The molecule has 5 nitrogen and oxygen atoms in total. The van der Waals surface area contributed by atoms with Gasteiger partial charge in [-0.25, -0.2) is 0 Å². The molecule has 1 fully saturated rings. The Kier molecular flexibility index (Phi) is 6.29. The summed E-state index contributed by atoms with van der Waals surface area (Å²) >= 11 is 5.27. The van der Waals surface area contributed by atoms with Crippen molar-refractivity contribution >= 4 is 34.6 Å². The molecule has 0 unspecified atom stereocenters. The van der Waals surface area contributed by atoms with Crippen LogP contribution in [-0.2, 0) is 0 Å². The number of methoxy groups -OCH3 is 1. The summed E-state index contributed by atoms with van der Waals surface area (Å²) in [6.45, 7) is 4.51. The first-order valence-electron chi connectivity index (χ1n) is 9.17. The first-order chi connectivity index (χ1) is 13.1. The van der Waals surface area contributed by atoms with Crippen LogP contribution in [0.4, 0.5) is 11.4 Å². The molecule has 27 heavy (non-hydrogen) atoms. The number of carbonyl (C=O) groups excluding carboxylic acids is 1. The van der Waals surface area contributed by atoms with Crippen molar-refractivity contribution in [2.24, 2.45) is 5.92 Å². The highest BCUT2D eigenvalue weighted by atomic mass is 32.1. The van der Waals surface area contributed by atoms with Gasteiger partial charge in [0.2, 0.25) is 0 Å². The Morgan fingerprint density at radius 3 is 2.44 bits per heavy atom. The molecule has 142 valence electrons. The molecule has 0 radical (unpaired) electrons. The lowest BCUT2D eigenvalue weighted by Crippen LogP contribution is -2.34. The summed E-state index contributed by atoms with van der Waals surface area (Å²) in [4.78, 5) is 14.8. The van der Waals surface area contributed by atoms with E-state index in [9.17, 15) is 4.79 Å². The van der Waals surface area contributed by atoms with E-state index in [2.05, 4.69) is 34.6 Å². The number of ether oxygens (including phenoxy) is 1. The molecule has 0 bridgehead atoms. The number of hydrogen-bond donors (Lipinski definition) is 2. The summed E-state index contributed by atoms with van der Waals surface area (Å²) in [6, 6.07) is 15.2. The van der Waals surface area contributed by atoms with Gasteiger partial charge in [0, 0.05) is 24.5 Å². The third kappa shape index (κ3) is 4.98. The summed E-state index contributed by atoms with van der Waals surface area (Å²) in [7, 11) is 1.53. The quantitative estimate of drug-likeness (QED) is 0.780. The number of amides is 1. The smallest absolute Gasteiger partial charge is 0.261 e. The first-order valence-corrected chi connectivity index (χ1v) is 9.58. The molecule has 1 aliphatic heterocycles. The third-order valence-electron chi connectivity index (χ3n) is 4.85. The highest BCUT2D eigenvalue weighted by Gasteiger charge is 2.16. The lowest BCUT2D eigenvalue weighted by Gasteiger charge is -2.32. The van der Waals surface area contributed by atoms with Crippen molar-refractivity contribution in [1.29, 1.82) is 0 Å². The molecule has 2 N–H and O–H groups in total. The Morgan fingerprint density at radius 1 is 1.11 bits per heavy atom. The predicted octanol–water partition coefficient (Wildman–Crippen LogP) is 4.06. The first kappa shape index (κ1) is 19.2. The molecule has 0 atom stereocenters. The van der Waals surface area contributed by atoms with Gasteiger partial charge in [-0.15, -0.1) is 0 Å². The minimum atomic E-state index is -0.302. The van der Waals surface area contributed by atoms with Gasteiger partial charge in [0.05, 0.1) is 12.7 Å². The highest BCUT2D eigenvalue weighted by Crippen LogP contribution is 2.24. The van der Waals surface area contributed by atoms with E-state index in [0.717, 1.165) is 24.7 Å². The molecular weight excluding hydrogens is 358 g/mol. The van der Waals surface area contributed by atoms with Gasteiger partial charge in [0.1, 0.15) is 5.75 Å². The van der Waals surface area contributed by atoms with Crippen molar-refractivity contribution in [3.8, 4) is 5.75 Å². The van der Waals surface area contributed by atoms with Crippen LogP contribution in [0.15, 0.2) is 48.5 Å². The normalized spacial score (nSPS) is 14.5. The van der Waals surface area contributed by atoms with Gasteiger partial charge < -0.3 is 15.0 Å². The van der Waals surface area contributed by atoms with E-state index in [1.807, 2.05) is 18.2 Å². The van der Waals surface area contributed by atoms with Gasteiger partial charge in [0.15, 0.2) is 5.11 Å². The summed E-state index contributed by atoms with van der Waals surface area (Å²) in [5, 5.41) is 6.01. The monoisotopic (exact) mass is 383 g/mol. The van der Waals surface area contributed by atoms with Crippen molar-refractivity contribution in [2.75, 3.05) is 30.4 Å². The molecule has 0 aromatic heterocycles. The molecule has 1 heterocycles. The second-order valence-electron chi connectivity index (χ2n) is 6.82. The maximum atomic E-state index is 12.4. The number of piperidine rings is 1. The number of nitrogens with zero attached hydrogens (tertiary/aromatic N) is 1. The highest BCUT2D eigenvalue weighted by molar-refractivity contribution is 7.80. The molecular formula is C21H25N3O2S. The summed E-state index contributed by atoms with van der Waals surface area (Å²) < 4.78 is 5.21. The summed E-state index contributed by atoms with van der Waals surface area (Å²) in [6.07, 6.45) is 2.47. The Balaban J connectivity index is 1.57. The number of hydrogen-bond acceptors (Lipinski definition) is 4. The van der Waals surface area contributed by atoms with Crippen molar-refractivity contribution in [1.82, 2.24) is 5.32 Å². The van der Waals surface area contributed by atoms with Crippen LogP contribution in [-0.4, -0.2) is 31.2 Å². The lowest BCUT2D eigenvalue weighted by atomic mass is 9.99. The van der Waals surface area contributed by atoms with Crippen molar-refractivity contribution in [2.45, 2.75) is 19.8 Å². The molecule has 1 aliphatic rings. The zero-order chi connectivity index (χ0) is 19.2. The van der Waals surface area contributed by atoms with Crippen LogP contribution in [0.2, 0.25) is 0 Å². The van der Waals surface area contributed by atoms with Gasteiger partial charge in [0.25, 0.3) is 5.91 Å². The van der Waals surface area contributed by atoms with Crippen LogP contribution in [0.3, 0.4) is 0 Å². The van der Waals surface area contributed by atoms with E-state index < -0.39 is 0 Å². The van der Waals surface area contributed by atoms with Crippen LogP contribution < -0.4 is 20.3 Å². The number of carbonyl (C=O) groups is 1. The van der Waals surface area contributed by atoms with E-state index in [0.29, 0.717) is 11.3 Å². The van der Waals surface area contributed by atoms with Crippen LogP contribution in [0.5, 0.6) is 5.75 Å². The Hall–Kier alpha value is -2.60. The molecule has 1 amide bonds. The van der Waals surface area contributed by atoms with E-state index in [1.54, 1.807) is 18.2 Å². The molecule has 2 aromatic rings. The molecule has 2 aromatic carbocycles. The zero-order valence-electron chi connectivity index (χ0n) is 15.7. The molecule has 0 saturated carbocycles. The number of thiocarbonyl (C=S) groups is 1. The van der Waals surface area contributed by atoms with Crippen molar-refractivity contribution in [3.05, 3.63) is 54.1 Å². The summed E-state index contributed by atoms with van der Waals surface area (Å²) in [5.41, 5.74) is 2.50. The fourth-order valence-electron chi connectivity index (χ4n) is 3.19. The van der Waals surface area contributed by atoms with Gasteiger partial charge in [-0.05, 0) is 67.4 Å². The van der Waals surface area contributed by atoms with Gasteiger partial charge >= 0.3 is 0 Å². The lowest BCUT2D eigenvalue weighted by molar-refractivity contribution is 0.0975. The number of benzene rings is 2. The molecule has 3 rings (SSSR count). The van der Waals surface area contributed by atoms with Crippen LogP contribution in [0.25, 0.3) is 0 Å². The number of nitrogens with one attached hydrogen (secondary N) is 2. The average molecular weight is 384 g/mol. The van der Waals surface area contributed by atoms with Gasteiger partial charge in [-0.3, -0.25) is 10.1 Å². The second-order valence-corrected chi connectivity index (χ2v) is 7.23. The predicted molar refractivity (Wildman–Crippen MR) is 114 cm³/mol. The summed E-state index contributed by atoms with van der Waals surface area (Å²) in [5.74, 6) is 1.02. The Labute approximate surface area is 165 Å². The fraction of sp³-hybridized carbons (Fsp3) is 0.333. The zero-order valence-corrected chi connectivity index (χ0v) is 16.5. The second kappa shape index (κ2) is 8.86. The van der Waals surface area contributed by atoms with E-state index in [1.165, 1.54) is 25.6 Å². The van der Waals surface area contributed by atoms with Crippen molar-refractivity contribution in [3.63, 3.8) is 0 Å². The average Bonchev–Trinajstić information content (AvgIpc) is 2.69. The largest absolute Gasteiger partial charge is 0.496 e. The van der Waals surface area contributed by atoms with Crippen LogP contribution in [0, 0.1) is 5.92 Å². The molecule has 0 aliphatic carbocycles. The number of rotatable bonds is 4. The van der Waals surface area contributed by atoms with Gasteiger partial charge in [-0.2, -0.15) is 0 Å². The van der Waals surface area contributed by atoms with E-state index in [4.69, 9.17) is 17.0 Å². The van der Waals surface area contributed by atoms with Crippen LogP contribution >= 0.6 is 12.2 Å². The Bertz CT molecular complexity index is 799. The SMILES string of the molecule is COc1ccccc1C(=O)NC(=S)Nc1ccc(N2CCC(C)CC2)cc1. The van der Waals surface area contributed by atoms with Crippen LogP contribution in [0.1, 0.15) is 30.1 Å². The number of para-hydroxylation sites is 1. The number of anilines is 2. The van der Waals surface area contributed by atoms with E-state index >= 15 is 0 Å². The Morgan fingerprint density at radius 2 is 1.78 bits per heavy atom. The fourth-order valence-corrected chi connectivity index (χ4v) is 3.40. The minimum Gasteiger partial charge on any atom is -0.496 e. The maximum Gasteiger partial charge on any atom is 0.261 e. The molecule has 0 spiro atoms. The maximum absolute atomic E-state index is 12.4. The van der Waals surface area contributed by atoms with E-state index in [-0.39, 0.29) is 11.0 Å². The third-order valence-corrected chi connectivity index (χ3v) is 5.06. The van der Waals surface area contributed by atoms with Crippen molar-refractivity contribution < 1.29 is 9.53 Å². The molecule has 6 heteroatoms. The van der Waals surface area contributed by atoms with Gasteiger partial charge in [-0.1, -0.05) is 19.1 Å². The topological polar surface area (TPSA) is 53.6 Å². The molecule has 1 saturated heterocycles. The standard InChI is InChI=1S/C21H25N3O2S/c1-15-11-13-24(14-12-15)17-9-7-16(8-10-17)22-21(27)23-20(25)18-5-3-4-6-19(18)26-2/h3-10,15H,11-14H2,1-2H3,(H2,22,23,25,27).